The molecule has 26 heavy (non-hydrogen) atoms. The van der Waals surface area contributed by atoms with Crippen LogP contribution in [0.25, 0.3) is 11.7 Å². The van der Waals surface area contributed by atoms with Gasteiger partial charge in [-0.15, -0.1) is 10.2 Å². The van der Waals surface area contributed by atoms with Crippen molar-refractivity contribution in [2.45, 2.75) is 18.8 Å². The highest BCUT2D eigenvalue weighted by Crippen LogP contribution is 2.31. The van der Waals surface area contributed by atoms with Gasteiger partial charge in [-0.3, -0.25) is 4.79 Å². The molecule has 1 amide bonds. The Morgan fingerprint density at radius 3 is 2.69 bits per heavy atom. The molecular weight excluding hydrogens is 377 g/mol. The summed E-state index contributed by atoms with van der Waals surface area (Å²) in [6.45, 7) is 1.18. The SMILES string of the molecule is O=C(c1cc(Cl)ccc1Cl)N1CCC(c2nnc(-c3ccco3)o2)CC1. The van der Waals surface area contributed by atoms with E-state index in [1.165, 1.54) is 0 Å². The van der Waals surface area contributed by atoms with Crippen LogP contribution in [0.15, 0.2) is 45.4 Å². The Morgan fingerprint density at radius 1 is 1.15 bits per heavy atom. The maximum atomic E-state index is 12.7. The molecule has 6 nitrogen and oxygen atoms in total. The van der Waals surface area contributed by atoms with Crippen molar-refractivity contribution in [1.29, 1.82) is 0 Å². The van der Waals surface area contributed by atoms with Gasteiger partial charge in [-0.05, 0) is 43.2 Å². The minimum absolute atomic E-state index is 0.113. The van der Waals surface area contributed by atoms with E-state index in [2.05, 4.69) is 10.2 Å². The van der Waals surface area contributed by atoms with E-state index in [4.69, 9.17) is 32.0 Å². The Balaban J connectivity index is 1.43. The van der Waals surface area contributed by atoms with Crippen LogP contribution in [0.3, 0.4) is 0 Å². The molecule has 2 aromatic heterocycles. The molecule has 0 aliphatic carbocycles. The summed E-state index contributed by atoms with van der Waals surface area (Å²) in [6, 6.07) is 8.45. The molecule has 0 N–H and O–H groups in total. The second-order valence-electron chi connectivity index (χ2n) is 6.11. The van der Waals surface area contributed by atoms with Gasteiger partial charge in [0.05, 0.1) is 16.8 Å². The molecule has 0 radical (unpaired) electrons. The lowest BCUT2D eigenvalue weighted by Crippen LogP contribution is -2.38. The molecule has 1 fully saturated rings. The normalized spacial score (nSPS) is 15.4. The summed E-state index contributed by atoms with van der Waals surface area (Å²) in [5.74, 6) is 1.49. The van der Waals surface area contributed by atoms with Gasteiger partial charge in [-0.25, -0.2) is 0 Å². The summed E-state index contributed by atoms with van der Waals surface area (Å²) in [5, 5.41) is 9.06. The van der Waals surface area contributed by atoms with Crippen LogP contribution in [0.5, 0.6) is 0 Å². The van der Waals surface area contributed by atoms with Crippen molar-refractivity contribution < 1.29 is 13.6 Å². The first kappa shape index (κ1) is 17.1. The average Bonchev–Trinajstić information content (AvgIpc) is 3.35. The quantitative estimate of drug-likeness (QED) is 0.649. The molecule has 0 bridgehead atoms. The number of furan rings is 1. The molecule has 8 heteroatoms. The summed E-state index contributed by atoms with van der Waals surface area (Å²) >= 11 is 12.1. The summed E-state index contributed by atoms with van der Waals surface area (Å²) in [5.41, 5.74) is 0.426. The largest absolute Gasteiger partial charge is 0.459 e. The lowest BCUT2D eigenvalue weighted by molar-refractivity contribution is 0.0706. The first-order valence-corrected chi connectivity index (χ1v) is 8.99. The van der Waals surface area contributed by atoms with Gasteiger partial charge in [0, 0.05) is 24.0 Å². The maximum Gasteiger partial charge on any atom is 0.283 e. The second kappa shape index (κ2) is 7.13. The number of likely N-dealkylation sites (tertiary alicyclic amines) is 1. The first-order chi connectivity index (χ1) is 12.6. The third-order valence-corrected chi connectivity index (χ3v) is 5.03. The molecular formula is C18H15Cl2N3O3. The lowest BCUT2D eigenvalue weighted by Gasteiger charge is -2.30. The molecule has 4 rings (SSSR count). The Hall–Kier alpha value is -2.31. The number of piperidine rings is 1. The molecule has 3 aromatic rings. The van der Waals surface area contributed by atoms with Gasteiger partial charge < -0.3 is 13.7 Å². The van der Waals surface area contributed by atoms with E-state index in [1.54, 1.807) is 41.5 Å². The van der Waals surface area contributed by atoms with Gasteiger partial charge in [-0.1, -0.05) is 23.2 Å². The van der Waals surface area contributed by atoms with Crippen molar-refractivity contribution in [3.8, 4) is 11.7 Å². The molecule has 134 valence electrons. The van der Waals surface area contributed by atoms with E-state index in [1.807, 2.05) is 0 Å². The van der Waals surface area contributed by atoms with Crippen LogP contribution in [-0.4, -0.2) is 34.1 Å². The van der Waals surface area contributed by atoms with Crippen LogP contribution < -0.4 is 0 Å². The van der Waals surface area contributed by atoms with Crippen LogP contribution in [0.4, 0.5) is 0 Å². The van der Waals surface area contributed by atoms with Gasteiger partial charge >= 0.3 is 0 Å². The fraction of sp³-hybridized carbons (Fsp3) is 0.278. The van der Waals surface area contributed by atoms with Crippen molar-refractivity contribution >= 4 is 29.1 Å². The van der Waals surface area contributed by atoms with E-state index >= 15 is 0 Å². The summed E-state index contributed by atoms with van der Waals surface area (Å²) in [6.07, 6.45) is 3.04. The number of halogens is 2. The fourth-order valence-corrected chi connectivity index (χ4v) is 3.43. The summed E-state index contributed by atoms with van der Waals surface area (Å²) < 4.78 is 11.0. The van der Waals surface area contributed by atoms with Crippen LogP contribution in [0, 0.1) is 0 Å². The fourth-order valence-electron chi connectivity index (χ4n) is 3.06. The molecule has 1 aromatic carbocycles. The highest BCUT2D eigenvalue weighted by molar-refractivity contribution is 6.35. The van der Waals surface area contributed by atoms with E-state index in [9.17, 15) is 4.79 Å². The Kier molecular flexibility index (Phi) is 4.70. The van der Waals surface area contributed by atoms with Crippen LogP contribution in [0.2, 0.25) is 10.0 Å². The molecule has 0 atom stereocenters. The average molecular weight is 392 g/mol. The van der Waals surface area contributed by atoms with E-state index in [0.29, 0.717) is 46.2 Å². The van der Waals surface area contributed by atoms with E-state index in [-0.39, 0.29) is 11.8 Å². The van der Waals surface area contributed by atoms with Crippen molar-refractivity contribution in [1.82, 2.24) is 15.1 Å². The maximum absolute atomic E-state index is 12.7. The Labute approximate surface area is 159 Å². The van der Waals surface area contributed by atoms with Crippen LogP contribution in [0.1, 0.15) is 35.0 Å². The Bertz CT molecular complexity index is 916. The number of aromatic nitrogens is 2. The van der Waals surface area contributed by atoms with Gasteiger partial charge in [0.2, 0.25) is 5.89 Å². The van der Waals surface area contributed by atoms with Crippen LogP contribution >= 0.6 is 23.2 Å². The number of hydrogen-bond donors (Lipinski definition) is 0. The minimum atomic E-state index is -0.113. The molecule has 1 aliphatic rings. The highest BCUT2D eigenvalue weighted by atomic mass is 35.5. The van der Waals surface area contributed by atoms with Gasteiger partial charge in [0.1, 0.15) is 0 Å². The number of hydrogen-bond acceptors (Lipinski definition) is 5. The summed E-state index contributed by atoms with van der Waals surface area (Å²) in [4.78, 5) is 14.5. The highest BCUT2D eigenvalue weighted by Gasteiger charge is 2.29. The van der Waals surface area contributed by atoms with E-state index in [0.717, 1.165) is 12.8 Å². The van der Waals surface area contributed by atoms with Crippen molar-refractivity contribution in [2.24, 2.45) is 0 Å². The minimum Gasteiger partial charge on any atom is -0.459 e. The molecule has 0 saturated carbocycles. The summed E-state index contributed by atoms with van der Waals surface area (Å²) in [7, 11) is 0. The third kappa shape index (κ3) is 3.34. The van der Waals surface area contributed by atoms with Crippen molar-refractivity contribution in [3.63, 3.8) is 0 Å². The van der Waals surface area contributed by atoms with Gasteiger partial charge in [-0.2, -0.15) is 0 Å². The molecule has 0 unspecified atom stereocenters. The molecule has 1 aliphatic heterocycles. The third-order valence-electron chi connectivity index (χ3n) is 4.46. The monoisotopic (exact) mass is 391 g/mol. The zero-order valence-corrected chi connectivity index (χ0v) is 15.2. The van der Waals surface area contributed by atoms with E-state index < -0.39 is 0 Å². The molecule has 1 saturated heterocycles. The number of carbonyl (C=O) groups excluding carboxylic acids is 1. The predicted octanol–water partition coefficient (Wildman–Crippen LogP) is 4.66. The zero-order valence-electron chi connectivity index (χ0n) is 13.7. The van der Waals surface area contributed by atoms with Crippen molar-refractivity contribution in [3.05, 3.63) is 58.1 Å². The topological polar surface area (TPSA) is 72.4 Å². The number of benzene rings is 1. The number of carbonyl (C=O) groups is 1. The van der Waals surface area contributed by atoms with Crippen molar-refractivity contribution in [2.75, 3.05) is 13.1 Å². The second-order valence-corrected chi connectivity index (χ2v) is 6.96. The first-order valence-electron chi connectivity index (χ1n) is 8.23. The number of rotatable bonds is 3. The van der Waals surface area contributed by atoms with Gasteiger partial charge in [0.25, 0.3) is 11.8 Å². The predicted molar refractivity (Wildman–Crippen MR) is 96.3 cm³/mol. The molecule has 0 spiro atoms. The smallest absolute Gasteiger partial charge is 0.283 e. The van der Waals surface area contributed by atoms with Crippen LogP contribution in [-0.2, 0) is 0 Å². The Morgan fingerprint density at radius 2 is 1.96 bits per heavy atom. The standard InChI is InChI=1S/C18H15Cl2N3O3/c19-12-3-4-14(20)13(10-12)18(24)23-7-5-11(6-8-23)16-21-22-17(26-16)15-2-1-9-25-15/h1-4,9-11H,5-8H2. The van der Waals surface area contributed by atoms with Gasteiger partial charge in [0.15, 0.2) is 5.76 Å². The lowest BCUT2D eigenvalue weighted by atomic mass is 9.96. The molecule has 3 heterocycles. The number of nitrogens with zero attached hydrogens (tertiary/aromatic N) is 3. The zero-order chi connectivity index (χ0) is 18.1. The number of amides is 1.